The molecule has 0 aliphatic heterocycles. The quantitative estimate of drug-likeness (QED) is 0.907. The zero-order chi connectivity index (χ0) is 13.3. The van der Waals surface area contributed by atoms with Crippen molar-refractivity contribution in [3.05, 3.63) is 35.8 Å². The van der Waals surface area contributed by atoms with Crippen molar-refractivity contribution in [2.45, 2.75) is 13.3 Å². The van der Waals surface area contributed by atoms with Crippen molar-refractivity contribution in [3.8, 4) is 0 Å². The molecule has 0 aliphatic rings. The third-order valence-corrected chi connectivity index (χ3v) is 3.00. The van der Waals surface area contributed by atoms with Crippen LogP contribution in [0.2, 0.25) is 0 Å². The molecule has 0 unspecified atom stereocenters. The molecule has 2 aromatic rings. The zero-order valence-electron chi connectivity index (χ0n) is 10.8. The molecule has 0 bridgehead atoms. The second-order valence-electron chi connectivity index (χ2n) is 4.17. The molecule has 0 radical (unpaired) electrons. The van der Waals surface area contributed by atoms with Gasteiger partial charge in [-0.2, -0.15) is 5.10 Å². The first-order valence-electron chi connectivity index (χ1n) is 5.85. The van der Waals surface area contributed by atoms with E-state index >= 15 is 0 Å². The summed E-state index contributed by atoms with van der Waals surface area (Å²) in [6.45, 7) is 1.99. The fourth-order valence-electron chi connectivity index (χ4n) is 2.08. The molecular weight excluding hydrogens is 231 g/mol. The van der Waals surface area contributed by atoms with Gasteiger partial charge in [0.05, 0.1) is 17.1 Å². The van der Waals surface area contributed by atoms with Crippen molar-refractivity contribution in [1.29, 1.82) is 0 Å². The van der Waals surface area contributed by atoms with Crippen LogP contribution in [-0.4, -0.2) is 16.8 Å². The Kier molecular flexibility index (Phi) is 3.23. The van der Waals surface area contributed by atoms with E-state index in [0.29, 0.717) is 17.2 Å². The van der Waals surface area contributed by atoms with Gasteiger partial charge in [0.2, 0.25) is 0 Å². The lowest BCUT2D eigenvalue weighted by atomic mass is 10.2. The summed E-state index contributed by atoms with van der Waals surface area (Å²) in [7, 11) is 3.59. The predicted molar refractivity (Wildman–Crippen MR) is 71.5 cm³/mol. The van der Waals surface area contributed by atoms with Gasteiger partial charge in [0.25, 0.3) is 0 Å². The van der Waals surface area contributed by atoms with Crippen LogP contribution < -0.4 is 10.6 Å². The van der Waals surface area contributed by atoms with Crippen LogP contribution in [0.5, 0.6) is 0 Å². The molecule has 1 aromatic heterocycles. The van der Waals surface area contributed by atoms with Gasteiger partial charge in [0.15, 0.2) is 5.82 Å². The highest BCUT2D eigenvalue weighted by Gasteiger charge is 2.18. The standard InChI is InChI=1S/C13H17FN4/c1-4-10-12(15)13(18(3)16-10)17(2)11-8-6-5-7-9(11)14/h5-8H,4,15H2,1-3H3. The predicted octanol–water partition coefficient (Wildman–Crippen LogP) is 2.47. The Morgan fingerprint density at radius 1 is 1.39 bits per heavy atom. The Labute approximate surface area is 106 Å². The van der Waals surface area contributed by atoms with E-state index in [4.69, 9.17) is 5.73 Å². The maximum atomic E-state index is 13.8. The largest absolute Gasteiger partial charge is 0.394 e. The highest BCUT2D eigenvalue weighted by atomic mass is 19.1. The zero-order valence-corrected chi connectivity index (χ0v) is 10.8. The summed E-state index contributed by atoms with van der Waals surface area (Å²) in [6, 6.07) is 6.60. The van der Waals surface area contributed by atoms with Gasteiger partial charge >= 0.3 is 0 Å². The summed E-state index contributed by atoms with van der Waals surface area (Å²) in [5, 5.41) is 4.33. The summed E-state index contributed by atoms with van der Waals surface area (Å²) in [4.78, 5) is 1.72. The second kappa shape index (κ2) is 4.68. The van der Waals surface area contributed by atoms with Crippen molar-refractivity contribution < 1.29 is 4.39 Å². The van der Waals surface area contributed by atoms with Crippen LogP contribution in [0.25, 0.3) is 0 Å². The minimum Gasteiger partial charge on any atom is -0.394 e. The molecule has 4 nitrogen and oxygen atoms in total. The summed E-state index contributed by atoms with van der Waals surface area (Å²) < 4.78 is 15.4. The van der Waals surface area contributed by atoms with Crippen molar-refractivity contribution in [2.24, 2.45) is 7.05 Å². The van der Waals surface area contributed by atoms with Gasteiger partial charge in [-0.15, -0.1) is 0 Å². The van der Waals surface area contributed by atoms with Gasteiger partial charge < -0.3 is 10.6 Å². The summed E-state index contributed by atoms with van der Waals surface area (Å²) in [5.41, 5.74) is 7.97. The van der Waals surface area contributed by atoms with Crippen LogP contribution in [0.4, 0.5) is 21.6 Å². The Morgan fingerprint density at radius 2 is 2.06 bits per heavy atom. The Balaban J connectivity index is 2.50. The summed E-state index contributed by atoms with van der Waals surface area (Å²) >= 11 is 0. The molecule has 0 spiro atoms. The molecule has 0 fully saturated rings. The number of rotatable bonds is 3. The van der Waals surface area contributed by atoms with Crippen LogP contribution in [0, 0.1) is 5.82 Å². The van der Waals surface area contributed by atoms with Gasteiger partial charge in [0.1, 0.15) is 5.82 Å². The lowest BCUT2D eigenvalue weighted by molar-refractivity contribution is 0.626. The van der Waals surface area contributed by atoms with Crippen LogP contribution in [0.1, 0.15) is 12.6 Å². The van der Waals surface area contributed by atoms with Gasteiger partial charge in [-0.1, -0.05) is 19.1 Å². The molecule has 0 saturated carbocycles. The van der Waals surface area contributed by atoms with E-state index < -0.39 is 0 Å². The van der Waals surface area contributed by atoms with Crippen LogP contribution in [0.3, 0.4) is 0 Å². The molecule has 5 heteroatoms. The molecule has 0 atom stereocenters. The molecule has 0 aliphatic carbocycles. The first-order chi connectivity index (χ1) is 8.56. The van der Waals surface area contributed by atoms with Gasteiger partial charge in [-0.25, -0.2) is 4.39 Å². The summed E-state index contributed by atoms with van der Waals surface area (Å²) in [6.07, 6.45) is 0.755. The van der Waals surface area contributed by atoms with E-state index in [9.17, 15) is 4.39 Å². The van der Waals surface area contributed by atoms with Crippen LogP contribution >= 0.6 is 0 Å². The second-order valence-corrected chi connectivity index (χ2v) is 4.17. The number of nitrogen functional groups attached to an aromatic ring is 1. The van der Waals surface area contributed by atoms with E-state index in [0.717, 1.165) is 12.1 Å². The fourth-order valence-corrected chi connectivity index (χ4v) is 2.08. The van der Waals surface area contributed by atoms with Crippen LogP contribution in [0.15, 0.2) is 24.3 Å². The number of hydrogen-bond donors (Lipinski definition) is 1. The van der Waals surface area contributed by atoms with Gasteiger partial charge in [-0.05, 0) is 18.6 Å². The Hall–Kier alpha value is -2.04. The lowest BCUT2D eigenvalue weighted by Gasteiger charge is -2.20. The molecule has 2 N–H and O–H groups in total. The van der Waals surface area contributed by atoms with E-state index in [2.05, 4.69) is 5.10 Å². The normalized spacial score (nSPS) is 10.7. The lowest BCUT2D eigenvalue weighted by Crippen LogP contribution is -2.16. The van der Waals surface area contributed by atoms with E-state index in [1.54, 1.807) is 34.8 Å². The van der Waals surface area contributed by atoms with E-state index in [-0.39, 0.29) is 5.82 Å². The number of aryl methyl sites for hydroxylation is 2. The number of nitrogens with zero attached hydrogens (tertiary/aromatic N) is 3. The first kappa shape index (κ1) is 12.4. The molecular formula is C13H17FN4. The SMILES string of the molecule is CCc1nn(C)c(N(C)c2ccccc2F)c1N. The third kappa shape index (κ3) is 1.92. The number of para-hydroxylation sites is 1. The molecule has 96 valence electrons. The fraction of sp³-hybridized carbons (Fsp3) is 0.308. The molecule has 2 rings (SSSR count). The average Bonchev–Trinajstić information content (AvgIpc) is 2.64. The maximum Gasteiger partial charge on any atom is 0.154 e. The number of anilines is 3. The van der Waals surface area contributed by atoms with E-state index in [1.165, 1.54) is 6.07 Å². The Bertz CT molecular complexity index is 562. The monoisotopic (exact) mass is 248 g/mol. The molecule has 1 heterocycles. The number of halogens is 1. The van der Waals surface area contributed by atoms with Gasteiger partial charge in [0, 0.05) is 14.1 Å². The number of nitrogens with two attached hydrogens (primary N) is 1. The smallest absolute Gasteiger partial charge is 0.154 e. The first-order valence-corrected chi connectivity index (χ1v) is 5.85. The molecule has 1 aromatic carbocycles. The van der Waals surface area contributed by atoms with Crippen LogP contribution in [-0.2, 0) is 13.5 Å². The molecule has 18 heavy (non-hydrogen) atoms. The maximum absolute atomic E-state index is 13.8. The minimum atomic E-state index is -0.279. The molecule has 0 amide bonds. The molecule has 0 saturated heterocycles. The number of aromatic nitrogens is 2. The minimum absolute atomic E-state index is 0.279. The van der Waals surface area contributed by atoms with Crippen molar-refractivity contribution >= 4 is 17.2 Å². The Morgan fingerprint density at radius 3 is 2.61 bits per heavy atom. The van der Waals surface area contributed by atoms with Crippen molar-refractivity contribution in [1.82, 2.24) is 9.78 Å². The van der Waals surface area contributed by atoms with Crippen molar-refractivity contribution in [3.63, 3.8) is 0 Å². The number of benzene rings is 1. The highest BCUT2D eigenvalue weighted by Crippen LogP contribution is 2.32. The topological polar surface area (TPSA) is 47.1 Å². The average molecular weight is 248 g/mol. The highest BCUT2D eigenvalue weighted by molar-refractivity contribution is 5.73. The summed E-state index contributed by atoms with van der Waals surface area (Å²) in [5.74, 6) is 0.426. The third-order valence-electron chi connectivity index (χ3n) is 3.00. The van der Waals surface area contributed by atoms with E-state index in [1.807, 2.05) is 14.0 Å². The van der Waals surface area contributed by atoms with Crippen molar-refractivity contribution in [2.75, 3.05) is 17.7 Å². The number of hydrogen-bond acceptors (Lipinski definition) is 3. The van der Waals surface area contributed by atoms with Gasteiger partial charge in [-0.3, -0.25) is 4.68 Å².